The molecule has 0 fully saturated rings. The molecule has 0 aliphatic carbocycles. The number of hydrogen-bond acceptors (Lipinski definition) is 9. The van der Waals surface area contributed by atoms with Gasteiger partial charge in [-0.2, -0.15) is 0 Å². The summed E-state index contributed by atoms with van der Waals surface area (Å²) in [5.41, 5.74) is 4.54. The molecule has 0 spiro atoms. The molecule has 2 aromatic carbocycles. The molecule has 2 aromatic heterocycles. The molecule has 4 N–H and O–H groups in total. The number of methoxy groups -OCH3 is 3. The normalized spacial score (nSPS) is 14.3. The number of carbonyl (C=O) groups is 4. The Balaban J connectivity index is 1.53. The number of ether oxygens (including phenoxy) is 3. The molecule has 0 radical (unpaired) electrons. The zero-order valence-corrected chi connectivity index (χ0v) is 36.1. The van der Waals surface area contributed by atoms with Crippen LogP contribution in [0.3, 0.4) is 0 Å². The lowest BCUT2D eigenvalue weighted by Crippen LogP contribution is -2.50. The first-order chi connectivity index (χ1) is 27.5. The number of benzene rings is 2. The van der Waals surface area contributed by atoms with Gasteiger partial charge in [0.1, 0.15) is 45.4 Å². The van der Waals surface area contributed by atoms with Gasteiger partial charge in [-0.1, -0.05) is 85.6 Å². The van der Waals surface area contributed by atoms with Gasteiger partial charge in [-0.05, 0) is 58.1 Å². The molecule has 0 bridgehead atoms. The highest BCUT2D eigenvalue weighted by Crippen LogP contribution is 2.34. The van der Waals surface area contributed by atoms with Gasteiger partial charge in [0.15, 0.2) is 0 Å². The van der Waals surface area contributed by atoms with Crippen LogP contribution in [0.15, 0.2) is 48.5 Å². The number of nitrogens with zero attached hydrogens (tertiary/aromatic N) is 4. The minimum atomic E-state index is -0.843. The van der Waals surface area contributed by atoms with Gasteiger partial charge in [-0.25, -0.2) is 19.6 Å². The fourth-order valence-corrected chi connectivity index (χ4v) is 7.10. The van der Waals surface area contributed by atoms with Crippen LogP contribution in [0.25, 0.3) is 33.6 Å². The van der Waals surface area contributed by atoms with Crippen molar-refractivity contribution >= 4 is 47.2 Å². The molecule has 58 heavy (non-hydrogen) atoms. The number of alkyl carbamates (subject to hydrolysis) is 2. The average molecular weight is 842 g/mol. The third-order valence-electron chi connectivity index (χ3n) is 10.0. The SMILES string of the molecule is CCC(C)N(C(=O)C(C)NC(=O)OC)C(C)c1nc(-c2ccc(-c3ccc(-c4nc(C(C)N(CC(C)COC)C(=O)C(C)NC(=O)OC)[nH]c4Cl)cc3)cc2)c(Cl)[nH]1. The van der Waals surface area contributed by atoms with E-state index in [1.165, 1.54) is 14.2 Å². The van der Waals surface area contributed by atoms with Crippen LogP contribution in [-0.4, -0.2) is 106 Å². The average Bonchev–Trinajstić information content (AvgIpc) is 3.81. The summed E-state index contributed by atoms with van der Waals surface area (Å²) in [4.78, 5) is 70.0. The smallest absolute Gasteiger partial charge is 0.407 e. The van der Waals surface area contributed by atoms with E-state index in [-0.39, 0.29) is 23.8 Å². The molecular weight excluding hydrogens is 787 g/mol. The van der Waals surface area contributed by atoms with Crippen LogP contribution in [0.5, 0.6) is 0 Å². The number of hydrogen-bond donors (Lipinski definition) is 4. The molecule has 4 rings (SSSR count). The first-order valence-electron chi connectivity index (χ1n) is 19.1. The molecule has 6 unspecified atom stereocenters. The van der Waals surface area contributed by atoms with Gasteiger partial charge < -0.3 is 44.6 Å². The zero-order valence-electron chi connectivity index (χ0n) is 34.6. The largest absolute Gasteiger partial charge is 0.453 e. The number of aromatic nitrogens is 4. The van der Waals surface area contributed by atoms with Gasteiger partial charge >= 0.3 is 12.2 Å². The van der Waals surface area contributed by atoms with E-state index < -0.39 is 36.4 Å². The van der Waals surface area contributed by atoms with Gasteiger partial charge in [-0.15, -0.1) is 0 Å². The van der Waals surface area contributed by atoms with Gasteiger partial charge in [0.2, 0.25) is 11.8 Å². The quantitative estimate of drug-likeness (QED) is 0.0824. The lowest BCUT2D eigenvalue weighted by molar-refractivity contribution is -0.138. The first kappa shape index (κ1) is 45.6. The summed E-state index contributed by atoms with van der Waals surface area (Å²) in [7, 11) is 4.09. The summed E-state index contributed by atoms with van der Waals surface area (Å²) in [5, 5.41) is 5.76. The molecule has 4 amide bonds. The standard InChI is InChI=1S/C41H54Cl2N8O7/c1-11-23(3)51(39(53)25(5)45-41(55)58-10)27(7)37-47-33(35(43)49-37)31-18-14-29(15-19-31)28-12-16-30(17-13-28)32-34(42)48-36(46-32)26(6)50(20-22(2)21-56-8)38(52)24(4)44-40(54)57-9/h12-19,22-27H,11,20-21H2,1-10H3,(H,44,54)(H,45,55)(H,46,48)(H,47,49). The molecule has 2 heterocycles. The number of rotatable bonds is 17. The predicted octanol–water partition coefficient (Wildman–Crippen LogP) is 7.79. The fraction of sp³-hybridized carbons (Fsp3) is 0.463. The van der Waals surface area contributed by atoms with Crippen LogP contribution < -0.4 is 10.6 Å². The molecule has 0 saturated heterocycles. The summed E-state index contributed by atoms with van der Waals surface area (Å²) in [6.45, 7) is 13.6. The number of carbonyl (C=O) groups excluding carboxylic acids is 4. The zero-order chi connectivity index (χ0) is 42.8. The Bertz CT molecular complexity index is 2020. The lowest BCUT2D eigenvalue weighted by Gasteiger charge is -2.35. The molecule has 15 nitrogen and oxygen atoms in total. The van der Waals surface area contributed by atoms with Crippen molar-refractivity contribution in [3.8, 4) is 33.6 Å². The number of imidazole rings is 2. The lowest BCUT2D eigenvalue weighted by atomic mass is 10.0. The Hall–Kier alpha value is -5.12. The fourth-order valence-electron chi connectivity index (χ4n) is 6.60. The van der Waals surface area contributed by atoms with E-state index in [1.807, 2.05) is 83.1 Å². The number of amides is 4. The molecule has 0 saturated carbocycles. The van der Waals surface area contributed by atoms with Gasteiger partial charge in [-0.3, -0.25) is 9.59 Å². The highest BCUT2D eigenvalue weighted by Gasteiger charge is 2.33. The topological polar surface area (TPSA) is 184 Å². The van der Waals surface area contributed by atoms with Gasteiger partial charge in [0.05, 0.1) is 32.9 Å². The van der Waals surface area contributed by atoms with E-state index in [2.05, 4.69) is 30.1 Å². The van der Waals surface area contributed by atoms with Crippen molar-refractivity contribution in [3.05, 3.63) is 70.5 Å². The van der Waals surface area contributed by atoms with Crippen LogP contribution in [0.1, 0.15) is 78.6 Å². The Morgan fingerprint density at radius 1 is 0.672 bits per heavy atom. The Morgan fingerprint density at radius 2 is 1.09 bits per heavy atom. The second-order valence-electron chi connectivity index (χ2n) is 14.3. The Morgan fingerprint density at radius 3 is 1.50 bits per heavy atom. The molecule has 4 aromatic rings. The van der Waals surface area contributed by atoms with Crippen LogP contribution in [-0.2, 0) is 23.8 Å². The first-order valence-corrected chi connectivity index (χ1v) is 19.8. The van der Waals surface area contributed by atoms with Gasteiger partial charge in [0, 0.05) is 30.8 Å². The Kier molecular flexibility index (Phi) is 16.1. The highest BCUT2D eigenvalue weighted by atomic mass is 35.5. The molecule has 314 valence electrons. The minimum Gasteiger partial charge on any atom is -0.453 e. The number of nitrogens with one attached hydrogen (secondary N) is 4. The maximum Gasteiger partial charge on any atom is 0.407 e. The van der Waals surface area contributed by atoms with E-state index >= 15 is 0 Å². The maximum absolute atomic E-state index is 13.6. The summed E-state index contributed by atoms with van der Waals surface area (Å²) in [5.74, 6) is 0.418. The summed E-state index contributed by atoms with van der Waals surface area (Å²) in [6, 6.07) is 12.8. The summed E-state index contributed by atoms with van der Waals surface area (Å²) >= 11 is 13.4. The van der Waals surface area contributed by atoms with Crippen molar-refractivity contribution in [2.24, 2.45) is 5.92 Å². The number of aromatic amines is 2. The number of H-pyrrole nitrogens is 2. The molecule has 6 atom stereocenters. The van der Waals surface area contributed by atoms with E-state index in [0.717, 1.165) is 22.3 Å². The second kappa shape index (κ2) is 20.5. The number of halogens is 2. The third-order valence-corrected chi connectivity index (χ3v) is 10.6. The van der Waals surface area contributed by atoms with Gasteiger partial charge in [0.25, 0.3) is 0 Å². The van der Waals surface area contributed by atoms with Crippen molar-refractivity contribution in [2.75, 3.05) is 34.5 Å². The Labute approximate surface area is 349 Å². The molecule has 0 aliphatic heterocycles. The van der Waals surface area contributed by atoms with E-state index in [0.29, 0.717) is 52.9 Å². The van der Waals surface area contributed by atoms with Crippen molar-refractivity contribution < 1.29 is 33.4 Å². The minimum absolute atomic E-state index is 0.00127. The van der Waals surface area contributed by atoms with Crippen LogP contribution >= 0.6 is 23.2 Å². The van der Waals surface area contributed by atoms with Crippen LogP contribution in [0.2, 0.25) is 10.3 Å². The maximum atomic E-state index is 13.6. The predicted molar refractivity (Wildman–Crippen MR) is 223 cm³/mol. The molecule has 17 heteroatoms. The van der Waals surface area contributed by atoms with Crippen LogP contribution in [0, 0.1) is 5.92 Å². The van der Waals surface area contributed by atoms with Crippen molar-refractivity contribution in [3.63, 3.8) is 0 Å². The van der Waals surface area contributed by atoms with E-state index in [1.54, 1.807) is 30.8 Å². The van der Waals surface area contributed by atoms with Crippen molar-refractivity contribution in [1.82, 2.24) is 40.4 Å². The summed E-state index contributed by atoms with van der Waals surface area (Å²) in [6.07, 6.45) is -0.702. The van der Waals surface area contributed by atoms with E-state index in [9.17, 15) is 19.2 Å². The third kappa shape index (κ3) is 10.9. The summed E-state index contributed by atoms with van der Waals surface area (Å²) < 4.78 is 14.7. The van der Waals surface area contributed by atoms with Crippen molar-refractivity contribution in [2.45, 2.75) is 85.1 Å². The molecule has 0 aliphatic rings. The van der Waals surface area contributed by atoms with Crippen molar-refractivity contribution in [1.29, 1.82) is 0 Å². The highest BCUT2D eigenvalue weighted by molar-refractivity contribution is 6.32. The van der Waals surface area contributed by atoms with Crippen LogP contribution in [0.4, 0.5) is 9.59 Å². The monoisotopic (exact) mass is 840 g/mol. The molecular formula is C41H54Cl2N8O7. The van der Waals surface area contributed by atoms with E-state index in [4.69, 9.17) is 37.9 Å². The second-order valence-corrected chi connectivity index (χ2v) is 15.1.